The second kappa shape index (κ2) is 5.82. The molecule has 2 nitrogen and oxygen atoms in total. The van der Waals surface area contributed by atoms with Gasteiger partial charge in [0.2, 0.25) is 0 Å². The molecule has 1 N–H and O–H groups in total. The second-order valence-electron chi connectivity index (χ2n) is 4.58. The van der Waals surface area contributed by atoms with Crippen LogP contribution in [0.25, 0.3) is 0 Å². The predicted molar refractivity (Wildman–Crippen MR) is 83.7 cm³/mol. The molecular weight excluding hydrogens is 328 g/mol. The fourth-order valence-electron chi connectivity index (χ4n) is 1.72. The summed E-state index contributed by atoms with van der Waals surface area (Å²) in [5.41, 5.74) is 1.14. The van der Waals surface area contributed by atoms with Crippen molar-refractivity contribution in [2.24, 2.45) is 0 Å². The number of aryl methyl sites for hydroxylation is 2. The van der Waals surface area contributed by atoms with Crippen molar-refractivity contribution in [1.82, 2.24) is 10.3 Å². The topological polar surface area (TPSA) is 24.9 Å². The highest BCUT2D eigenvalue weighted by Crippen LogP contribution is 2.35. The van der Waals surface area contributed by atoms with Gasteiger partial charge in [-0.05, 0) is 55.1 Å². The summed E-state index contributed by atoms with van der Waals surface area (Å²) in [7, 11) is 0. The van der Waals surface area contributed by atoms with E-state index < -0.39 is 0 Å². The first kappa shape index (κ1) is 14.2. The van der Waals surface area contributed by atoms with Crippen LogP contribution in [0.4, 0.5) is 0 Å². The maximum Gasteiger partial charge on any atom is 0.116 e. The van der Waals surface area contributed by atoms with Crippen LogP contribution in [0.2, 0.25) is 0 Å². The molecule has 98 valence electrons. The first-order valence-corrected chi connectivity index (χ1v) is 8.40. The lowest BCUT2D eigenvalue weighted by atomic mass is 10.2. The molecule has 0 fully saturated rings. The zero-order chi connectivity index (χ0) is 13.3. The molecule has 5 heteroatoms. The van der Waals surface area contributed by atoms with Gasteiger partial charge in [0, 0.05) is 20.3 Å². The van der Waals surface area contributed by atoms with Gasteiger partial charge in [0.05, 0.1) is 11.7 Å². The molecule has 0 radical (unpaired) electrons. The smallest absolute Gasteiger partial charge is 0.116 e. The van der Waals surface area contributed by atoms with E-state index in [2.05, 4.69) is 60.4 Å². The first-order valence-electron chi connectivity index (χ1n) is 5.92. The normalized spacial score (nSPS) is 13.2. The lowest BCUT2D eigenvalue weighted by molar-refractivity contribution is 0.531. The lowest BCUT2D eigenvalue weighted by Crippen LogP contribution is -2.28. The van der Waals surface area contributed by atoms with Crippen molar-refractivity contribution in [2.45, 2.75) is 39.8 Å². The molecule has 0 spiro atoms. The van der Waals surface area contributed by atoms with Gasteiger partial charge in [0.1, 0.15) is 5.01 Å². The Morgan fingerprint density at radius 3 is 2.50 bits per heavy atom. The molecular formula is C13H17BrN2S2. The highest BCUT2D eigenvalue weighted by molar-refractivity contribution is 9.10. The van der Waals surface area contributed by atoms with E-state index in [4.69, 9.17) is 4.98 Å². The average Bonchev–Trinajstić information content (AvgIpc) is 2.83. The molecule has 2 aromatic rings. The van der Waals surface area contributed by atoms with Crippen molar-refractivity contribution in [3.8, 4) is 0 Å². The van der Waals surface area contributed by atoms with Crippen molar-refractivity contribution in [3.05, 3.63) is 36.4 Å². The van der Waals surface area contributed by atoms with Gasteiger partial charge in [-0.3, -0.25) is 0 Å². The van der Waals surface area contributed by atoms with Gasteiger partial charge in [-0.1, -0.05) is 0 Å². The summed E-state index contributed by atoms with van der Waals surface area (Å²) in [5, 5.41) is 6.88. The van der Waals surface area contributed by atoms with Crippen LogP contribution in [0.1, 0.15) is 40.3 Å². The number of thiazole rings is 1. The van der Waals surface area contributed by atoms with Crippen LogP contribution < -0.4 is 5.32 Å². The number of aromatic nitrogens is 1. The highest BCUT2D eigenvalue weighted by atomic mass is 79.9. The Bertz CT molecular complexity index is 511. The molecule has 0 aliphatic heterocycles. The summed E-state index contributed by atoms with van der Waals surface area (Å²) in [6, 6.07) is 2.72. The van der Waals surface area contributed by atoms with E-state index in [1.165, 1.54) is 9.75 Å². The summed E-state index contributed by atoms with van der Waals surface area (Å²) in [6.45, 7) is 8.54. The maximum absolute atomic E-state index is 4.70. The van der Waals surface area contributed by atoms with E-state index in [-0.39, 0.29) is 6.04 Å². The third kappa shape index (κ3) is 3.02. The minimum Gasteiger partial charge on any atom is -0.301 e. The molecule has 0 aromatic carbocycles. The molecule has 2 rings (SSSR count). The van der Waals surface area contributed by atoms with Gasteiger partial charge in [0.25, 0.3) is 0 Å². The molecule has 2 aromatic heterocycles. The molecule has 18 heavy (non-hydrogen) atoms. The Labute approximate surface area is 125 Å². The van der Waals surface area contributed by atoms with Gasteiger partial charge < -0.3 is 5.32 Å². The van der Waals surface area contributed by atoms with Crippen molar-refractivity contribution < 1.29 is 0 Å². The summed E-state index contributed by atoms with van der Waals surface area (Å²) in [5.74, 6) is 0. The molecule has 0 amide bonds. The fraction of sp³-hybridized carbons (Fsp3) is 0.462. The van der Waals surface area contributed by atoms with Gasteiger partial charge >= 0.3 is 0 Å². The van der Waals surface area contributed by atoms with Gasteiger partial charge in [-0.2, -0.15) is 0 Å². The summed E-state index contributed by atoms with van der Waals surface area (Å²) >= 11 is 7.18. The number of hydrogen-bond acceptors (Lipinski definition) is 4. The zero-order valence-corrected chi connectivity index (χ0v) is 14.2. The minimum atomic E-state index is 0.191. The number of halogens is 1. The van der Waals surface area contributed by atoms with Crippen LogP contribution in [0.5, 0.6) is 0 Å². The summed E-state index contributed by atoms with van der Waals surface area (Å²) in [4.78, 5) is 7.31. The zero-order valence-electron chi connectivity index (χ0n) is 11.0. The molecule has 0 bridgehead atoms. The third-order valence-corrected chi connectivity index (χ3v) is 5.77. The predicted octanol–water partition coefficient (Wildman–Crippen LogP) is 4.67. The van der Waals surface area contributed by atoms with Crippen LogP contribution in [0, 0.1) is 13.8 Å². The number of rotatable bonds is 4. The molecule has 0 saturated heterocycles. The van der Waals surface area contributed by atoms with E-state index >= 15 is 0 Å². The Morgan fingerprint density at radius 1 is 1.33 bits per heavy atom. The fourth-order valence-corrected chi connectivity index (χ4v) is 4.46. The van der Waals surface area contributed by atoms with Crippen LogP contribution in [0.3, 0.4) is 0 Å². The van der Waals surface area contributed by atoms with Crippen LogP contribution in [-0.2, 0) is 0 Å². The Morgan fingerprint density at radius 2 is 2.06 bits per heavy atom. The first-order chi connectivity index (χ1) is 8.49. The van der Waals surface area contributed by atoms with Gasteiger partial charge in [-0.15, -0.1) is 22.7 Å². The number of nitrogens with one attached hydrogen (secondary N) is 1. The second-order valence-corrected chi connectivity index (χ2v) is 7.62. The van der Waals surface area contributed by atoms with Crippen molar-refractivity contribution in [3.63, 3.8) is 0 Å². The third-order valence-electron chi connectivity index (χ3n) is 2.70. The number of hydrogen-bond donors (Lipinski definition) is 1. The largest absolute Gasteiger partial charge is 0.301 e. The standard InChI is InChI=1S/C13H17BrN2S2/c1-7(2)15-11(12-10(14)5-6-17-12)13-16-8(3)9(4)18-13/h5-7,11,15H,1-4H3. The average molecular weight is 345 g/mol. The SMILES string of the molecule is Cc1nc(C(NC(C)C)c2sccc2Br)sc1C. The monoisotopic (exact) mass is 344 g/mol. The van der Waals surface area contributed by atoms with Crippen molar-refractivity contribution in [2.75, 3.05) is 0 Å². The maximum atomic E-state index is 4.70. The molecule has 0 aliphatic carbocycles. The van der Waals surface area contributed by atoms with Gasteiger partial charge in [-0.25, -0.2) is 4.98 Å². The van der Waals surface area contributed by atoms with Crippen molar-refractivity contribution >= 4 is 38.6 Å². The van der Waals surface area contributed by atoms with Crippen LogP contribution in [0.15, 0.2) is 15.9 Å². The van der Waals surface area contributed by atoms with E-state index in [0.717, 1.165) is 15.2 Å². The van der Waals surface area contributed by atoms with Crippen LogP contribution in [-0.4, -0.2) is 11.0 Å². The highest BCUT2D eigenvalue weighted by Gasteiger charge is 2.22. The molecule has 0 saturated carbocycles. The quantitative estimate of drug-likeness (QED) is 0.871. The van der Waals surface area contributed by atoms with E-state index in [1.54, 1.807) is 22.7 Å². The number of nitrogens with zero attached hydrogens (tertiary/aromatic N) is 1. The van der Waals surface area contributed by atoms with Crippen LogP contribution >= 0.6 is 38.6 Å². The summed E-state index contributed by atoms with van der Waals surface area (Å²) < 4.78 is 1.16. The Balaban J connectivity index is 2.40. The molecule has 1 atom stereocenters. The van der Waals surface area contributed by atoms with E-state index in [1.807, 2.05) is 0 Å². The molecule has 0 aliphatic rings. The van der Waals surface area contributed by atoms with Gasteiger partial charge in [0.15, 0.2) is 0 Å². The lowest BCUT2D eigenvalue weighted by Gasteiger charge is -2.18. The Hall–Kier alpha value is -0.230. The molecule has 2 heterocycles. The minimum absolute atomic E-state index is 0.191. The number of thiophene rings is 1. The van der Waals surface area contributed by atoms with E-state index in [9.17, 15) is 0 Å². The Kier molecular flexibility index (Phi) is 4.59. The molecule has 1 unspecified atom stereocenters. The summed E-state index contributed by atoms with van der Waals surface area (Å²) in [6.07, 6.45) is 0. The van der Waals surface area contributed by atoms with E-state index in [0.29, 0.717) is 6.04 Å². The van der Waals surface area contributed by atoms with Crippen molar-refractivity contribution in [1.29, 1.82) is 0 Å².